The number of benzene rings is 1. The van der Waals surface area contributed by atoms with Crippen LogP contribution < -0.4 is 5.56 Å². The van der Waals surface area contributed by atoms with Gasteiger partial charge in [-0.15, -0.1) is 4.73 Å². The predicted molar refractivity (Wildman–Crippen MR) is 64.7 cm³/mol. The predicted octanol–water partition coefficient (Wildman–Crippen LogP) is 1.97. The topological polar surface area (TPSA) is 85.4 Å². The summed E-state index contributed by atoms with van der Waals surface area (Å²) < 4.78 is 0.522. The summed E-state index contributed by atoms with van der Waals surface area (Å²) in [5.74, 6) is 0. The van der Waals surface area contributed by atoms with E-state index in [1.807, 2.05) is 0 Å². The number of nitro groups is 1. The molecule has 0 amide bonds. The Hall–Kier alpha value is -2.63. The van der Waals surface area contributed by atoms with Gasteiger partial charge in [-0.25, -0.2) is 0 Å². The molecule has 1 heterocycles. The minimum Gasteiger partial charge on any atom is -0.425 e. The van der Waals surface area contributed by atoms with Crippen molar-refractivity contribution in [1.82, 2.24) is 4.73 Å². The van der Waals surface area contributed by atoms with Crippen molar-refractivity contribution in [2.24, 2.45) is 0 Å². The molecule has 0 radical (unpaired) electrons. The Balaban J connectivity index is 2.55. The normalized spacial score (nSPS) is 10.3. The molecular weight excluding hydrogens is 236 g/mol. The molecule has 18 heavy (non-hydrogen) atoms. The Morgan fingerprint density at radius 1 is 1.22 bits per heavy atom. The summed E-state index contributed by atoms with van der Waals surface area (Å²) in [5.41, 5.74) is 0.957. The number of pyridine rings is 1. The molecule has 0 unspecified atom stereocenters. The first kappa shape index (κ1) is 11.8. The van der Waals surface area contributed by atoms with Gasteiger partial charge in [-0.1, -0.05) is 0 Å². The maximum Gasteiger partial charge on any atom is 0.283 e. The van der Waals surface area contributed by atoms with E-state index in [0.717, 1.165) is 0 Å². The van der Waals surface area contributed by atoms with Gasteiger partial charge in [0.05, 0.1) is 10.6 Å². The van der Waals surface area contributed by atoms with Crippen LogP contribution in [-0.4, -0.2) is 14.9 Å². The van der Waals surface area contributed by atoms with E-state index in [9.17, 15) is 20.1 Å². The van der Waals surface area contributed by atoms with E-state index < -0.39 is 10.5 Å². The molecule has 1 N–H and O–H groups in total. The zero-order valence-corrected chi connectivity index (χ0v) is 9.53. The molecule has 6 heteroatoms. The summed E-state index contributed by atoms with van der Waals surface area (Å²) in [6, 6.07) is 8.54. The van der Waals surface area contributed by atoms with Crippen LogP contribution in [0.4, 0.5) is 5.69 Å². The fourth-order valence-electron chi connectivity index (χ4n) is 1.65. The van der Waals surface area contributed by atoms with Gasteiger partial charge < -0.3 is 5.21 Å². The maximum atomic E-state index is 11.4. The molecule has 1 aromatic heterocycles. The van der Waals surface area contributed by atoms with Crippen LogP contribution in [0.1, 0.15) is 5.56 Å². The van der Waals surface area contributed by atoms with E-state index >= 15 is 0 Å². The largest absolute Gasteiger partial charge is 0.425 e. The van der Waals surface area contributed by atoms with Crippen molar-refractivity contribution in [3.8, 4) is 11.3 Å². The number of rotatable bonds is 2. The second-order valence-corrected chi connectivity index (χ2v) is 3.87. The van der Waals surface area contributed by atoms with Gasteiger partial charge in [-0.05, 0) is 30.7 Å². The van der Waals surface area contributed by atoms with Crippen molar-refractivity contribution in [3.05, 3.63) is 62.4 Å². The molecule has 0 bridgehead atoms. The molecule has 0 fully saturated rings. The minimum absolute atomic E-state index is 0.0433. The van der Waals surface area contributed by atoms with Crippen LogP contribution in [0.25, 0.3) is 11.3 Å². The van der Waals surface area contributed by atoms with Crippen LogP contribution in [-0.2, 0) is 0 Å². The summed E-state index contributed by atoms with van der Waals surface area (Å²) in [6.45, 7) is 1.73. The van der Waals surface area contributed by atoms with Crippen molar-refractivity contribution < 1.29 is 10.1 Å². The molecule has 0 saturated carbocycles. The Labute approximate surface area is 102 Å². The lowest BCUT2D eigenvalue weighted by molar-refractivity contribution is -0.384. The molecule has 0 aliphatic carbocycles. The van der Waals surface area contributed by atoms with Gasteiger partial charge >= 0.3 is 0 Å². The van der Waals surface area contributed by atoms with Crippen molar-refractivity contribution in [2.45, 2.75) is 6.92 Å². The third-order valence-electron chi connectivity index (χ3n) is 2.53. The van der Waals surface area contributed by atoms with E-state index in [1.165, 1.54) is 30.3 Å². The summed E-state index contributed by atoms with van der Waals surface area (Å²) in [4.78, 5) is 21.4. The first-order valence-corrected chi connectivity index (χ1v) is 5.17. The Morgan fingerprint density at radius 3 is 2.39 bits per heavy atom. The van der Waals surface area contributed by atoms with E-state index in [0.29, 0.717) is 21.6 Å². The van der Waals surface area contributed by atoms with Crippen LogP contribution in [0, 0.1) is 17.0 Å². The first-order valence-electron chi connectivity index (χ1n) is 5.17. The van der Waals surface area contributed by atoms with Crippen LogP contribution >= 0.6 is 0 Å². The van der Waals surface area contributed by atoms with Crippen molar-refractivity contribution >= 4 is 5.69 Å². The summed E-state index contributed by atoms with van der Waals surface area (Å²) in [6.07, 6.45) is 0. The van der Waals surface area contributed by atoms with Crippen molar-refractivity contribution in [3.63, 3.8) is 0 Å². The van der Waals surface area contributed by atoms with Gasteiger partial charge in [0, 0.05) is 23.8 Å². The Kier molecular flexibility index (Phi) is 2.85. The van der Waals surface area contributed by atoms with Gasteiger partial charge in [0.15, 0.2) is 0 Å². The zero-order valence-electron chi connectivity index (χ0n) is 9.53. The second-order valence-electron chi connectivity index (χ2n) is 3.87. The smallest absolute Gasteiger partial charge is 0.283 e. The van der Waals surface area contributed by atoms with Gasteiger partial charge in [-0.3, -0.25) is 14.9 Å². The molecule has 92 valence electrons. The van der Waals surface area contributed by atoms with E-state index in [4.69, 9.17) is 0 Å². The number of aromatic nitrogens is 1. The van der Waals surface area contributed by atoms with Gasteiger partial charge in [0.2, 0.25) is 0 Å². The summed E-state index contributed by atoms with van der Waals surface area (Å²) >= 11 is 0. The highest BCUT2D eigenvalue weighted by Gasteiger charge is 2.09. The van der Waals surface area contributed by atoms with Crippen molar-refractivity contribution in [1.29, 1.82) is 0 Å². The highest BCUT2D eigenvalue weighted by Crippen LogP contribution is 2.21. The standard InChI is InChI=1S/C12H10N2O4/c1-8-6-11(13(16)12(15)7-8)9-2-4-10(5-3-9)14(17)18/h2-7,16H,1H3. The monoisotopic (exact) mass is 246 g/mol. The van der Waals surface area contributed by atoms with Gasteiger partial charge in [0.25, 0.3) is 11.2 Å². The lowest BCUT2D eigenvalue weighted by Crippen LogP contribution is -2.18. The van der Waals surface area contributed by atoms with E-state index in [2.05, 4.69) is 0 Å². The number of hydrogen-bond acceptors (Lipinski definition) is 4. The average molecular weight is 246 g/mol. The van der Waals surface area contributed by atoms with Crippen LogP contribution in [0.15, 0.2) is 41.2 Å². The lowest BCUT2D eigenvalue weighted by atomic mass is 10.1. The third-order valence-corrected chi connectivity index (χ3v) is 2.53. The number of nitro benzene ring substituents is 1. The van der Waals surface area contributed by atoms with Crippen LogP contribution in [0.3, 0.4) is 0 Å². The molecule has 2 rings (SSSR count). The molecule has 0 atom stereocenters. The molecule has 0 saturated heterocycles. The minimum atomic E-state index is -0.539. The number of hydrogen-bond donors (Lipinski definition) is 1. The Morgan fingerprint density at radius 2 is 1.83 bits per heavy atom. The van der Waals surface area contributed by atoms with Crippen molar-refractivity contribution in [2.75, 3.05) is 0 Å². The summed E-state index contributed by atoms with van der Waals surface area (Å²) in [7, 11) is 0. The molecule has 0 spiro atoms. The molecule has 1 aromatic carbocycles. The molecular formula is C12H10N2O4. The fourth-order valence-corrected chi connectivity index (χ4v) is 1.65. The number of aryl methyl sites for hydroxylation is 1. The fraction of sp³-hybridized carbons (Fsp3) is 0.0833. The SMILES string of the molecule is Cc1cc(-c2ccc([N+](=O)[O-])cc2)n(O)c(=O)c1. The third kappa shape index (κ3) is 2.08. The Bertz CT molecular complexity index is 659. The maximum absolute atomic E-state index is 11.4. The highest BCUT2D eigenvalue weighted by molar-refractivity contribution is 5.61. The van der Waals surface area contributed by atoms with E-state index in [-0.39, 0.29) is 5.69 Å². The summed E-state index contributed by atoms with van der Waals surface area (Å²) in [5, 5.41) is 20.1. The van der Waals surface area contributed by atoms with Gasteiger partial charge in [-0.2, -0.15) is 0 Å². The number of non-ortho nitro benzene ring substituents is 1. The van der Waals surface area contributed by atoms with Crippen LogP contribution in [0.5, 0.6) is 0 Å². The van der Waals surface area contributed by atoms with E-state index in [1.54, 1.807) is 13.0 Å². The highest BCUT2D eigenvalue weighted by atomic mass is 16.6. The molecule has 2 aromatic rings. The average Bonchev–Trinajstić information content (AvgIpc) is 2.34. The quantitative estimate of drug-likeness (QED) is 0.498. The first-order chi connectivity index (χ1) is 8.49. The molecule has 0 aliphatic heterocycles. The lowest BCUT2D eigenvalue weighted by Gasteiger charge is -2.07. The second kappa shape index (κ2) is 4.33. The van der Waals surface area contributed by atoms with Gasteiger partial charge in [0.1, 0.15) is 0 Å². The number of nitrogens with zero attached hydrogens (tertiary/aromatic N) is 2. The van der Waals surface area contributed by atoms with Crippen LogP contribution in [0.2, 0.25) is 0 Å². The molecule has 0 aliphatic rings. The zero-order chi connectivity index (χ0) is 13.3. The molecule has 6 nitrogen and oxygen atoms in total.